The zero-order valence-electron chi connectivity index (χ0n) is 14.8. The van der Waals surface area contributed by atoms with Crippen molar-refractivity contribution in [1.29, 1.82) is 0 Å². The van der Waals surface area contributed by atoms with Gasteiger partial charge in [-0.15, -0.1) is 0 Å². The van der Waals surface area contributed by atoms with Crippen molar-refractivity contribution in [1.82, 2.24) is 0 Å². The molecule has 0 bridgehead atoms. The van der Waals surface area contributed by atoms with Crippen LogP contribution in [0.15, 0.2) is 48.5 Å². The van der Waals surface area contributed by atoms with Gasteiger partial charge in [-0.3, -0.25) is 14.4 Å². The Morgan fingerprint density at radius 1 is 1.15 bits per heavy atom. The Morgan fingerprint density at radius 3 is 2.54 bits per heavy atom. The number of benzene rings is 2. The molecule has 134 valence electrons. The molecule has 6 heteroatoms. The van der Waals surface area contributed by atoms with Crippen molar-refractivity contribution in [2.75, 3.05) is 22.1 Å². The molecule has 0 spiro atoms. The highest BCUT2D eigenvalue weighted by atomic mass is 16.2. The molecule has 0 aromatic heterocycles. The molecule has 2 amide bonds. The van der Waals surface area contributed by atoms with E-state index in [0.29, 0.717) is 16.9 Å². The van der Waals surface area contributed by atoms with Crippen LogP contribution in [0.4, 0.5) is 17.1 Å². The maximum atomic E-state index is 12.8. The van der Waals surface area contributed by atoms with E-state index >= 15 is 0 Å². The number of rotatable bonds is 4. The van der Waals surface area contributed by atoms with E-state index < -0.39 is 0 Å². The fraction of sp³-hybridized carbons (Fsp3) is 0.250. The Labute approximate surface area is 152 Å². The van der Waals surface area contributed by atoms with Gasteiger partial charge in [0.05, 0.1) is 17.9 Å². The largest absolute Gasteiger partial charge is 0.376 e. The molecule has 2 N–H and O–H groups in total. The SMILES string of the molecule is CC(=O)c1ccc(NCC(=O)N2c3ccccc3NC(=O)C[C@H]2C)cc1. The van der Waals surface area contributed by atoms with E-state index in [1.807, 2.05) is 25.1 Å². The molecule has 0 aliphatic carbocycles. The molecule has 2 aromatic rings. The maximum Gasteiger partial charge on any atom is 0.246 e. The number of fused-ring (bicyclic) bond motifs is 1. The number of anilines is 3. The monoisotopic (exact) mass is 351 g/mol. The lowest BCUT2D eigenvalue weighted by molar-refractivity contribution is -0.118. The lowest BCUT2D eigenvalue weighted by Gasteiger charge is -2.28. The first kappa shape index (κ1) is 17.7. The van der Waals surface area contributed by atoms with Gasteiger partial charge in [-0.1, -0.05) is 12.1 Å². The number of amides is 2. The normalized spacial score (nSPS) is 16.3. The van der Waals surface area contributed by atoms with Crippen molar-refractivity contribution in [2.24, 2.45) is 0 Å². The predicted octanol–water partition coefficient (Wildman–Crippen LogP) is 3.07. The fourth-order valence-corrected chi connectivity index (χ4v) is 3.05. The smallest absolute Gasteiger partial charge is 0.246 e. The lowest BCUT2D eigenvalue weighted by Crippen LogP contribution is -2.42. The molecule has 1 heterocycles. The van der Waals surface area contributed by atoms with Crippen LogP contribution in [0.2, 0.25) is 0 Å². The summed E-state index contributed by atoms with van der Waals surface area (Å²) in [4.78, 5) is 37.8. The molecule has 26 heavy (non-hydrogen) atoms. The fourth-order valence-electron chi connectivity index (χ4n) is 3.05. The number of carbonyl (C=O) groups is 3. The molecular weight excluding hydrogens is 330 g/mol. The Balaban J connectivity index is 1.76. The van der Waals surface area contributed by atoms with Crippen LogP contribution in [0.3, 0.4) is 0 Å². The van der Waals surface area contributed by atoms with Crippen LogP contribution < -0.4 is 15.5 Å². The van der Waals surface area contributed by atoms with Crippen LogP contribution in [0.5, 0.6) is 0 Å². The number of para-hydroxylation sites is 2. The molecule has 0 unspecified atom stereocenters. The molecule has 1 aliphatic rings. The topological polar surface area (TPSA) is 78.5 Å². The summed E-state index contributed by atoms with van der Waals surface area (Å²) in [7, 11) is 0. The Hall–Kier alpha value is -3.15. The maximum absolute atomic E-state index is 12.8. The molecule has 3 rings (SSSR count). The molecule has 1 aliphatic heterocycles. The minimum atomic E-state index is -0.243. The first-order chi connectivity index (χ1) is 12.5. The third kappa shape index (κ3) is 3.74. The van der Waals surface area contributed by atoms with Gasteiger partial charge in [0.2, 0.25) is 11.8 Å². The van der Waals surface area contributed by atoms with Gasteiger partial charge in [-0.05, 0) is 50.2 Å². The van der Waals surface area contributed by atoms with Gasteiger partial charge in [-0.2, -0.15) is 0 Å². The quantitative estimate of drug-likeness (QED) is 0.830. The number of Topliss-reactive ketones (excluding diaryl/α,β-unsaturated/α-hetero) is 1. The van der Waals surface area contributed by atoms with Gasteiger partial charge in [0.15, 0.2) is 5.78 Å². The predicted molar refractivity (Wildman–Crippen MR) is 102 cm³/mol. The van der Waals surface area contributed by atoms with E-state index in [2.05, 4.69) is 10.6 Å². The van der Waals surface area contributed by atoms with Crippen molar-refractivity contribution in [3.05, 3.63) is 54.1 Å². The van der Waals surface area contributed by atoms with Gasteiger partial charge >= 0.3 is 0 Å². The number of hydrogen-bond donors (Lipinski definition) is 2. The van der Waals surface area contributed by atoms with Crippen molar-refractivity contribution < 1.29 is 14.4 Å². The Kier molecular flexibility index (Phi) is 5.02. The van der Waals surface area contributed by atoms with Crippen molar-refractivity contribution in [3.8, 4) is 0 Å². The van der Waals surface area contributed by atoms with Crippen LogP contribution in [0, 0.1) is 0 Å². The molecule has 0 saturated heterocycles. The summed E-state index contributed by atoms with van der Waals surface area (Å²) in [5.41, 5.74) is 2.72. The number of nitrogens with one attached hydrogen (secondary N) is 2. The second kappa shape index (κ2) is 7.39. The summed E-state index contributed by atoms with van der Waals surface area (Å²) in [5, 5.41) is 5.93. The molecule has 0 fully saturated rings. The van der Waals surface area contributed by atoms with E-state index in [4.69, 9.17) is 0 Å². The molecular formula is C20H21N3O3. The summed E-state index contributed by atoms with van der Waals surface area (Å²) in [6.45, 7) is 3.47. The summed E-state index contributed by atoms with van der Waals surface area (Å²) in [6, 6.07) is 14.0. The Bertz CT molecular complexity index is 846. The van der Waals surface area contributed by atoms with E-state index in [1.54, 1.807) is 35.2 Å². The van der Waals surface area contributed by atoms with E-state index in [-0.39, 0.29) is 36.6 Å². The number of nitrogens with zero attached hydrogens (tertiary/aromatic N) is 1. The number of ketones is 1. The number of hydrogen-bond acceptors (Lipinski definition) is 4. The van der Waals surface area contributed by atoms with Crippen LogP contribution >= 0.6 is 0 Å². The van der Waals surface area contributed by atoms with E-state index in [9.17, 15) is 14.4 Å². The third-order valence-electron chi connectivity index (χ3n) is 4.36. The summed E-state index contributed by atoms with van der Waals surface area (Å²) >= 11 is 0. The van der Waals surface area contributed by atoms with Crippen molar-refractivity contribution in [2.45, 2.75) is 26.3 Å². The first-order valence-corrected chi connectivity index (χ1v) is 8.51. The molecule has 6 nitrogen and oxygen atoms in total. The highest BCUT2D eigenvalue weighted by molar-refractivity contribution is 6.05. The summed E-state index contributed by atoms with van der Waals surface area (Å²) < 4.78 is 0. The average Bonchev–Trinajstić information content (AvgIpc) is 2.74. The van der Waals surface area contributed by atoms with Gasteiger partial charge in [0.25, 0.3) is 0 Å². The molecule has 1 atom stereocenters. The first-order valence-electron chi connectivity index (χ1n) is 8.51. The van der Waals surface area contributed by atoms with Gasteiger partial charge in [-0.25, -0.2) is 0 Å². The van der Waals surface area contributed by atoms with Crippen molar-refractivity contribution >= 4 is 34.7 Å². The summed E-state index contributed by atoms with van der Waals surface area (Å²) in [6.07, 6.45) is 0.244. The van der Waals surface area contributed by atoms with Crippen LogP contribution in [-0.2, 0) is 9.59 Å². The lowest BCUT2D eigenvalue weighted by atomic mass is 10.1. The zero-order valence-corrected chi connectivity index (χ0v) is 14.8. The highest BCUT2D eigenvalue weighted by Gasteiger charge is 2.29. The van der Waals surface area contributed by atoms with Crippen molar-refractivity contribution in [3.63, 3.8) is 0 Å². The van der Waals surface area contributed by atoms with Gasteiger partial charge in [0, 0.05) is 23.7 Å². The second-order valence-corrected chi connectivity index (χ2v) is 6.37. The van der Waals surface area contributed by atoms with Crippen LogP contribution in [0.1, 0.15) is 30.6 Å². The molecule has 0 radical (unpaired) electrons. The zero-order chi connectivity index (χ0) is 18.7. The minimum Gasteiger partial charge on any atom is -0.376 e. The Morgan fingerprint density at radius 2 is 1.85 bits per heavy atom. The van der Waals surface area contributed by atoms with E-state index in [0.717, 1.165) is 5.69 Å². The average molecular weight is 351 g/mol. The highest BCUT2D eigenvalue weighted by Crippen LogP contribution is 2.31. The van der Waals surface area contributed by atoms with Crippen LogP contribution in [0.25, 0.3) is 0 Å². The summed E-state index contributed by atoms with van der Waals surface area (Å²) in [5.74, 6) is -0.232. The third-order valence-corrected chi connectivity index (χ3v) is 4.36. The van der Waals surface area contributed by atoms with Crippen LogP contribution in [-0.4, -0.2) is 30.2 Å². The standard InChI is InChI=1S/C20H21N3O3/c1-13-11-19(25)22-17-5-3-4-6-18(17)23(13)20(26)12-21-16-9-7-15(8-10-16)14(2)24/h3-10,13,21H,11-12H2,1-2H3,(H,22,25)/t13-/m1/s1. The van der Waals surface area contributed by atoms with Gasteiger partial charge < -0.3 is 15.5 Å². The van der Waals surface area contributed by atoms with E-state index in [1.165, 1.54) is 6.92 Å². The van der Waals surface area contributed by atoms with Gasteiger partial charge in [0.1, 0.15) is 0 Å². The molecule has 0 saturated carbocycles. The minimum absolute atomic E-state index is 0.000193. The second-order valence-electron chi connectivity index (χ2n) is 6.37. The molecule has 2 aromatic carbocycles. The number of carbonyl (C=O) groups excluding carboxylic acids is 3.